The highest BCUT2D eigenvalue weighted by Crippen LogP contribution is 2.19. The van der Waals surface area contributed by atoms with Crippen LogP contribution in [0.1, 0.15) is 18.9 Å². The van der Waals surface area contributed by atoms with Gasteiger partial charge in [-0.15, -0.1) is 10.2 Å². The number of aromatic nitrogens is 2. The minimum Gasteiger partial charge on any atom is -0.481 e. The number of carboxylic acids is 1. The van der Waals surface area contributed by atoms with Crippen LogP contribution in [0.4, 0.5) is 9.93 Å². The fourth-order valence-electron chi connectivity index (χ4n) is 1.98. The smallest absolute Gasteiger partial charge is 0.321 e. The molecule has 1 aliphatic heterocycles. The molecular weight excluding hydrogens is 296 g/mol. The van der Waals surface area contributed by atoms with Gasteiger partial charge in [-0.25, -0.2) is 4.79 Å². The molecule has 116 valence electrons. The van der Waals surface area contributed by atoms with Crippen LogP contribution in [0.25, 0.3) is 0 Å². The Morgan fingerprint density at radius 3 is 2.86 bits per heavy atom. The fourth-order valence-corrected chi connectivity index (χ4v) is 2.92. The second-order valence-electron chi connectivity index (χ2n) is 5.29. The molecule has 0 saturated carbocycles. The van der Waals surface area contributed by atoms with E-state index in [1.807, 2.05) is 0 Å². The molecule has 8 nitrogen and oxygen atoms in total. The molecule has 1 saturated heterocycles. The van der Waals surface area contributed by atoms with Crippen molar-refractivity contribution >= 4 is 28.5 Å². The molecule has 0 bridgehead atoms. The van der Waals surface area contributed by atoms with Gasteiger partial charge in [0, 0.05) is 6.42 Å². The first kappa shape index (κ1) is 15.6. The third-order valence-electron chi connectivity index (χ3n) is 2.98. The van der Waals surface area contributed by atoms with Crippen molar-refractivity contribution in [3.63, 3.8) is 0 Å². The lowest BCUT2D eigenvalue weighted by Gasteiger charge is -2.15. The topological polar surface area (TPSA) is 113 Å². The van der Waals surface area contributed by atoms with E-state index in [1.54, 1.807) is 0 Å². The Kier molecular flexibility index (Phi) is 5.07. The van der Waals surface area contributed by atoms with Crippen LogP contribution in [0.2, 0.25) is 0 Å². The van der Waals surface area contributed by atoms with E-state index in [0.29, 0.717) is 11.0 Å². The molecule has 2 atom stereocenters. The summed E-state index contributed by atoms with van der Waals surface area (Å²) in [5.74, 6) is -1.24. The van der Waals surface area contributed by atoms with Gasteiger partial charge in [0.25, 0.3) is 0 Å². The Hall–Kier alpha value is -1.74. The van der Waals surface area contributed by atoms with Gasteiger partial charge in [0.15, 0.2) is 0 Å². The Labute approximate surface area is 125 Å². The van der Waals surface area contributed by atoms with Gasteiger partial charge in [0.2, 0.25) is 5.13 Å². The van der Waals surface area contributed by atoms with E-state index in [-0.39, 0.29) is 13.2 Å². The lowest BCUT2D eigenvalue weighted by atomic mass is 10.0. The highest BCUT2D eigenvalue weighted by atomic mass is 32.1. The van der Waals surface area contributed by atoms with Gasteiger partial charge >= 0.3 is 12.0 Å². The lowest BCUT2D eigenvalue weighted by molar-refractivity contribution is -0.142. The Balaban J connectivity index is 1.87. The molecule has 21 heavy (non-hydrogen) atoms. The van der Waals surface area contributed by atoms with Crippen molar-refractivity contribution in [2.75, 3.05) is 18.5 Å². The Morgan fingerprint density at radius 2 is 2.19 bits per heavy atom. The lowest BCUT2D eigenvalue weighted by Crippen LogP contribution is -2.44. The molecular formula is C12H18N4O4S. The molecule has 1 aromatic rings. The highest BCUT2D eigenvalue weighted by molar-refractivity contribution is 7.15. The summed E-state index contributed by atoms with van der Waals surface area (Å²) >= 11 is 1.31. The van der Waals surface area contributed by atoms with Crippen LogP contribution in [0.5, 0.6) is 0 Å². The van der Waals surface area contributed by atoms with Crippen molar-refractivity contribution in [2.24, 2.45) is 11.8 Å². The largest absolute Gasteiger partial charge is 0.481 e. The van der Waals surface area contributed by atoms with Crippen LogP contribution < -0.4 is 10.6 Å². The third kappa shape index (κ3) is 4.36. The number of rotatable bonds is 5. The summed E-state index contributed by atoms with van der Waals surface area (Å²) in [6.45, 7) is 4.46. The molecule has 0 aliphatic carbocycles. The number of aliphatic carboxylic acids is 1. The molecule has 9 heteroatoms. The second kappa shape index (κ2) is 6.81. The van der Waals surface area contributed by atoms with Gasteiger partial charge in [-0.05, 0) is 5.92 Å². The predicted molar refractivity (Wildman–Crippen MR) is 76.3 cm³/mol. The molecule has 1 aliphatic rings. The first-order chi connectivity index (χ1) is 9.95. The van der Waals surface area contributed by atoms with Gasteiger partial charge in [-0.3, -0.25) is 10.1 Å². The maximum absolute atomic E-state index is 11.8. The van der Waals surface area contributed by atoms with Gasteiger partial charge in [-0.2, -0.15) is 0 Å². The summed E-state index contributed by atoms with van der Waals surface area (Å²) in [7, 11) is 0. The summed E-state index contributed by atoms with van der Waals surface area (Å²) in [5, 5.41) is 23.3. The van der Waals surface area contributed by atoms with Gasteiger partial charge in [0.05, 0.1) is 19.3 Å². The highest BCUT2D eigenvalue weighted by Gasteiger charge is 2.35. The average Bonchev–Trinajstić information content (AvgIpc) is 2.98. The van der Waals surface area contributed by atoms with E-state index < -0.39 is 24.0 Å². The van der Waals surface area contributed by atoms with Crippen LogP contribution in [-0.4, -0.2) is 46.6 Å². The summed E-state index contributed by atoms with van der Waals surface area (Å²) in [6.07, 6.45) is 0.804. The zero-order valence-electron chi connectivity index (χ0n) is 11.8. The van der Waals surface area contributed by atoms with E-state index in [1.165, 1.54) is 11.3 Å². The fraction of sp³-hybridized carbons (Fsp3) is 0.667. The van der Waals surface area contributed by atoms with Crippen molar-refractivity contribution in [3.05, 3.63) is 5.01 Å². The maximum Gasteiger partial charge on any atom is 0.321 e. The van der Waals surface area contributed by atoms with Gasteiger partial charge in [-0.1, -0.05) is 25.2 Å². The SMILES string of the molecule is CC(C)Cc1nnc(NC(=O)NC2COCC2C(=O)O)s1. The molecule has 3 N–H and O–H groups in total. The van der Waals surface area contributed by atoms with E-state index >= 15 is 0 Å². The molecule has 2 rings (SSSR count). The Morgan fingerprint density at radius 1 is 1.43 bits per heavy atom. The number of nitrogens with one attached hydrogen (secondary N) is 2. The number of amides is 2. The van der Waals surface area contributed by atoms with Crippen LogP contribution in [-0.2, 0) is 16.0 Å². The molecule has 1 fully saturated rings. The number of nitrogens with zero attached hydrogens (tertiary/aromatic N) is 2. The number of ether oxygens (including phenoxy) is 1. The summed E-state index contributed by atoms with van der Waals surface area (Å²) < 4.78 is 5.08. The standard InChI is InChI=1S/C12H18N4O4S/c1-6(2)3-9-15-16-12(21-9)14-11(19)13-8-5-20-4-7(8)10(17)18/h6-8H,3-5H2,1-2H3,(H,17,18)(H2,13,14,16,19). The van der Waals surface area contributed by atoms with Crippen LogP contribution in [0.15, 0.2) is 0 Å². The molecule has 2 unspecified atom stereocenters. The predicted octanol–water partition coefficient (Wildman–Crippen LogP) is 0.958. The van der Waals surface area contributed by atoms with E-state index in [9.17, 15) is 9.59 Å². The molecule has 0 spiro atoms. The van der Waals surface area contributed by atoms with E-state index in [4.69, 9.17) is 9.84 Å². The number of urea groups is 1. The number of anilines is 1. The van der Waals surface area contributed by atoms with Crippen LogP contribution >= 0.6 is 11.3 Å². The van der Waals surface area contributed by atoms with Crippen molar-refractivity contribution in [3.8, 4) is 0 Å². The summed E-state index contributed by atoms with van der Waals surface area (Å²) in [6, 6.07) is -1.03. The minimum absolute atomic E-state index is 0.109. The quantitative estimate of drug-likeness (QED) is 0.746. The number of carbonyl (C=O) groups is 2. The number of carboxylic acid groups (broad SMARTS) is 1. The average molecular weight is 314 g/mol. The second-order valence-corrected chi connectivity index (χ2v) is 6.35. The maximum atomic E-state index is 11.8. The monoisotopic (exact) mass is 314 g/mol. The van der Waals surface area contributed by atoms with Crippen molar-refractivity contribution in [1.29, 1.82) is 0 Å². The van der Waals surface area contributed by atoms with Crippen molar-refractivity contribution in [1.82, 2.24) is 15.5 Å². The van der Waals surface area contributed by atoms with Crippen molar-refractivity contribution in [2.45, 2.75) is 26.3 Å². The zero-order valence-corrected chi connectivity index (χ0v) is 12.6. The normalized spacial score (nSPS) is 21.5. The van der Waals surface area contributed by atoms with E-state index in [0.717, 1.165) is 11.4 Å². The first-order valence-corrected chi connectivity index (χ1v) is 7.47. The van der Waals surface area contributed by atoms with Gasteiger partial charge < -0.3 is 15.2 Å². The van der Waals surface area contributed by atoms with E-state index in [2.05, 4.69) is 34.7 Å². The number of hydrogen-bond donors (Lipinski definition) is 3. The molecule has 0 radical (unpaired) electrons. The zero-order chi connectivity index (χ0) is 15.4. The van der Waals surface area contributed by atoms with Crippen LogP contribution in [0.3, 0.4) is 0 Å². The molecule has 2 heterocycles. The molecule has 2 amide bonds. The molecule has 0 aromatic carbocycles. The molecule has 1 aromatic heterocycles. The first-order valence-electron chi connectivity index (χ1n) is 6.66. The van der Waals surface area contributed by atoms with Crippen LogP contribution in [0, 0.1) is 11.8 Å². The van der Waals surface area contributed by atoms with Gasteiger partial charge in [0.1, 0.15) is 10.9 Å². The number of carbonyl (C=O) groups excluding carboxylic acids is 1. The Bertz CT molecular complexity index is 519. The van der Waals surface area contributed by atoms with Crippen molar-refractivity contribution < 1.29 is 19.4 Å². The minimum atomic E-state index is -0.979. The summed E-state index contributed by atoms with van der Waals surface area (Å²) in [5.41, 5.74) is 0. The number of hydrogen-bond acceptors (Lipinski definition) is 6. The third-order valence-corrected chi connectivity index (χ3v) is 3.85. The summed E-state index contributed by atoms with van der Waals surface area (Å²) in [4.78, 5) is 22.8.